The van der Waals surface area contributed by atoms with Crippen molar-refractivity contribution in [1.82, 2.24) is 10.2 Å². The largest absolute Gasteiger partial charge is 0.497 e. The van der Waals surface area contributed by atoms with Crippen LogP contribution in [-0.2, 0) is 4.79 Å². The van der Waals surface area contributed by atoms with E-state index < -0.39 is 0 Å². The van der Waals surface area contributed by atoms with Gasteiger partial charge in [-0.15, -0.1) is 0 Å². The van der Waals surface area contributed by atoms with E-state index in [0.29, 0.717) is 13.2 Å². The van der Waals surface area contributed by atoms with Gasteiger partial charge < -0.3 is 19.7 Å². The van der Waals surface area contributed by atoms with Gasteiger partial charge in [-0.05, 0) is 55.8 Å². The lowest BCUT2D eigenvalue weighted by Crippen LogP contribution is -2.54. The number of ether oxygens (including phenoxy) is 2. The zero-order valence-electron chi connectivity index (χ0n) is 17.6. The summed E-state index contributed by atoms with van der Waals surface area (Å²) in [6.07, 6.45) is 0. The maximum atomic E-state index is 12.5. The summed E-state index contributed by atoms with van der Waals surface area (Å²) in [5.74, 6) is 1.75. The van der Waals surface area contributed by atoms with Crippen molar-refractivity contribution in [2.24, 2.45) is 0 Å². The highest BCUT2D eigenvalue weighted by Gasteiger charge is 2.25. The molecule has 1 fully saturated rings. The maximum absolute atomic E-state index is 12.5. The van der Waals surface area contributed by atoms with Crippen molar-refractivity contribution in [1.29, 1.82) is 0 Å². The predicted octanol–water partition coefficient (Wildman–Crippen LogP) is 2.71. The molecule has 0 radical (unpaired) electrons. The van der Waals surface area contributed by atoms with Crippen molar-refractivity contribution >= 4 is 11.6 Å². The minimum absolute atomic E-state index is 0.0516. The molecule has 1 amide bonds. The Hall–Kier alpha value is -2.73. The van der Waals surface area contributed by atoms with Gasteiger partial charge in [0.1, 0.15) is 18.1 Å². The number of benzene rings is 2. The van der Waals surface area contributed by atoms with Crippen LogP contribution >= 0.6 is 0 Å². The Kier molecular flexibility index (Phi) is 7.36. The van der Waals surface area contributed by atoms with Crippen molar-refractivity contribution in [3.05, 3.63) is 54.1 Å². The first-order valence-electron chi connectivity index (χ1n) is 10.2. The van der Waals surface area contributed by atoms with Crippen LogP contribution in [0.2, 0.25) is 0 Å². The number of nitrogens with zero attached hydrogens (tertiary/aromatic N) is 2. The number of carbonyl (C=O) groups excluding carboxylic acids is 1. The molecule has 1 saturated heterocycles. The molecule has 1 heterocycles. The molecule has 2 aromatic carbocycles. The van der Waals surface area contributed by atoms with Crippen molar-refractivity contribution in [2.75, 3.05) is 51.3 Å². The van der Waals surface area contributed by atoms with E-state index in [0.717, 1.165) is 43.2 Å². The van der Waals surface area contributed by atoms with Gasteiger partial charge in [0.05, 0.1) is 19.7 Å². The van der Waals surface area contributed by atoms with Gasteiger partial charge in [-0.3, -0.25) is 9.69 Å². The summed E-state index contributed by atoms with van der Waals surface area (Å²) in [5, 5.41) is 2.99. The van der Waals surface area contributed by atoms with Gasteiger partial charge in [-0.2, -0.15) is 0 Å². The van der Waals surface area contributed by atoms with Crippen molar-refractivity contribution in [3.63, 3.8) is 0 Å². The van der Waals surface area contributed by atoms with Crippen LogP contribution in [0, 0.1) is 6.92 Å². The third-order valence-electron chi connectivity index (χ3n) is 5.34. The van der Waals surface area contributed by atoms with E-state index >= 15 is 0 Å². The summed E-state index contributed by atoms with van der Waals surface area (Å²) < 4.78 is 10.9. The molecular formula is C23H31N3O3. The summed E-state index contributed by atoms with van der Waals surface area (Å²) in [6.45, 7) is 8.50. The van der Waals surface area contributed by atoms with E-state index in [2.05, 4.69) is 27.2 Å². The normalized spacial score (nSPS) is 15.6. The van der Waals surface area contributed by atoms with E-state index in [1.54, 1.807) is 7.11 Å². The van der Waals surface area contributed by atoms with Gasteiger partial charge in [0.15, 0.2) is 0 Å². The first-order valence-corrected chi connectivity index (χ1v) is 10.2. The van der Waals surface area contributed by atoms with E-state index in [-0.39, 0.29) is 11.9 Å². The number of anilines is 1. The minimum Gasteiger partial charge on any atom is -0.497 e. The quantitative estimate of drug-likeness (QED) is 0.694. The first kappa shape index (κ1) is 21.0. The lowest BCUT2D eigenvalue weighted by atomic mass is 10.2. The van der Waals surface area contributed by atoms with E-state index in [9.17, 15) is 4.79 Å². The van der Waals surface area contributed by atoms with Crippen LogP contribution in [0.15, 0.2) is 48.5 Å². The highest BCUT2D eigenvalue weighted by molar-refractivity contribution is 5.81. The van der Waals surface area contributed by atoms with E-state index in [4.69, 9.17) is 9.47 Å². The van der Waals surface area contributed by atoms with Gasteiger partial charge >= 0.3 is 0 Å². The molecule has 2 aromatic rings. The fourth-order valence-corrected chi connectivity index (χ4v) is 3.52. The number of aryl methyl sites for hydroxylation is 1. The molecule has 1 N–H and O–H groups in total. The molecule has 0 aromatic heterocycles. The number of rotatable bonds is 8. The molecule has 0 aliphatic carbocycles. The van der Waals surface area contributed by atoms with E-state index in [1.165, 1.54) is 5.69 Å². The van der Waals surface area contributed by atoms with Gasteiger partial charge in [0.25, 0.3) is 0 Å². The molecule has 3 rings (SSSR count). The number of amides is 1. The van der Waals surface area contributed by atoms with Gasteiger partial charge in [0.2, 0.25) is 5.91 Å². The molecule has 1 atom stereocenters. The SMILES string of the molecule is COc1ccc(N2CCN(C(C)C(=O)NCCOc3cccc(C)c3)CC2)cc1. The number of hydrogen-bond acceptors (Lipinski definition) is 5. The molecule has 29 heavy (non-hydrogen) atoms. The Morgan fingerprint density at radius 3 is 2.45 bits per heavy atom. The van der Waals surface area contributed by atoms with Crippen LogP contribution in [0.1, 0.15) is 12.5 Å². The minimum atomic E-state index is -0.146. The Morgan fingerprint density at radius 1 is 1.07 bits per heavy atom. The van der Waals surface area contributed by atoms with Crippen LogP contribution in [0.25, 0.3) is 0 Å². The molecular weight excluding hydrogens is 366 g/mol. The summed E-state index contributed by atoms with van der Waals surface area (Å²) in [5.41, 5.74) is 2.35. The van der Waals surface area contributed by atoms with Crippen LogP contribution in [0.3, 0.4) is 0 Å². The fraction of sp³-hybridized carbons (Fsp3) is 0.435. The first-order chi connectivity index (χ1) is 14.1. The molecule has 1 unspecified atom stereocenters. The maximum Gasteiger partial charge on any atom is 0.237 e. The Balaban J connectivity index is 1.38. The van der Waals surface area contributed by atoms with Crippen molar-refractivity contribution in [2.45, 2.75) is 19.9 Å². The second kappa shape index (κ2) is 10.2. The topological polar surface area (TPSA) is 54.0 Å². The summed E-state index contributed by atoms with van der Waals surface area (Å²) in [7, 11) is 1.68. The zero-order chi connectivity index (χ0) is 20.6. The molecule has 0 saturated carbocycles. The molecule has 0 bridgehead atoms. The van der Waals surface area contributed by atoms with Crippen molar-refractivity contribution in [3.8, 4) is 11.5 Å². The second-order valence-corrected chi connectivity index (χ2v) is 7.35. The third-order valence-corrected chi connectivity index (χ3v) is 5.34. The predicted molar refractivity (Wildman–Crippen MR) is 116 cm³/mol. The molecule has 1 aliphatic rings. The van der Waals surface area contributed by atoms with Crippen molar-refractivity contribution < 1.29 is 14.3 Å². The van der Waals surface area contributed by atoms with Gasteiger partial charge in [-0.25, -0.2) is 0 Å². The van der Waals surface area contributed by atoms with Crippen LogP contribution < -0.4 is 19.7 Å². The number of carbonyl (C=O) groups is 1. The highest BCUT2D eigenvalue weighted by atomic mass is 16.5. The lowest BCUT2D eigenvalue weighted by molar-refractivity contribution is -0.126. The molecule has 1 aliphatic heterocycles. The Labute approximate surface area is 173 Å². The smallest absolute Gasteiger partial charge is 0.237 e. The monoisotopic (exact) mass is 397 g/mol. The Morgan fingerprint density at radius 2 is 1.79 bits per heavy atom. The molecule has 6 heteroatoms. The van der Waals surface area contributed by atoms with Crippen LogP contribution in [0.4, 0.5) is 5.69 Å². The summed E-state index contributed by atoms with van der Waals surface area (Å²) in [4.78, 5) is 17.1. The Bertz CT molecular complexity index is 786. The standard InChI is InChI=1S/C23H31N3O3/c1-18-5-4-6-22(17-18)29-16-11-24-23(27)19(2)25-12-14-26(15-13-25)20-7-9-21(28-3)10-8-20/h4-10,17,19H,11-16H2,1-3H3,(H,24,27). The third kappa shape index (κ3) is 5.87. The lowest BCUT2D eigenvalue weighted by Gasteiger charge is -2.38. The highest BCUT2D eigenvalue weighted by Crippen LogP contribution is 2.21. The number of piperazine rings is 1. The van der Waals surface area contributed by atoms with Crippen LogP contribution in [-0.4, -0.2) is 63.3 Å². The molecule has 6 nitrogen and oxygen atoms in total. The number of nitrogens with one attached hydrogen (secondary N) is 1. The summed E-state index contributed by atoms with van der Waals surface area (Å²) in [6, 6.07) is 15.9. The fourth-order valence-electron chi connectivity index (χ4n) is 3.52. The average Bonchev–Trinajstić information content (AvgIpc) is 2.76. The van der Waals surface area contributed by atoms with E-state index in [1.807, 2.05) is 50.2 Å². The van der Waals surface area contributed by atoms with Crippen LogP contribution in [0.5, 0.6) is 11.5 Å². The zero-order valence-corrected chi connectivity index (χ0v) is 17.6. The number of hydrogen-bond donors (Lipinski definition) is 1. The second-order valence-electron chi connectivity index (χ2n) is 7.35. The molecule has 0 spiro atoms. The molecule has 156 valence electrons. The van der Waals surface area contributed by atoms with Gasteiger partial charge in [-0.1, -0.05) is 12.1 Å². The average molecular weight is 398 g/mol. The summed E-state index contributed by atoms with van der Waals surface area (Å²) >= 11 is 0. The number of methoxy groups -OCH3 is 1. The van der Waals surface area contributed by atoms with Gasteiger partial charge in [0, 0.05) is 31.9 Å².